The summed E-state index contributed by atoms with van der Waals surface area (Å²) < 4.78 is 6.42. The van der Waals surface area contributed by atoms with Crippen LogP contribution in [0.15, 0.2) is 0 Å². The van der Waals surface area contributed by atoms with Gasteiger partial charge in [0.1, 0.15) is 0 Å². The maximum Gasteiger partial charge on any atom is 0.306 e. The molecule has 0 spiro atoms. The van der Waals surface area contributed by atoms with Crippen LogP contribution in [0.4, 0.5) is 0 Å². The van der Waals surface area contributed by atoms with E-state index in [9.17, 15) is 9.59 Å². The lowest BCUT2D eigenvalue weighted by Gasteiger charge is -2.17. The molecule has 1 aromatic heterocycles. The number of hydrogen-bond acceptors (Lipinski definition) is 4. The fourth-order valence-electron chi connectivity index (χ4n) is 2.28. The minimum absolute atomic E-state index is 0.0146. The summed E-state index contributed by atoms with van der Waals surface area (Å²) in [6.45, 7) is 7.66. The van der Waals surface area contributed by atoms with Gasteiger partial charge in [-0.2, -0.15) is 5.10 Å². The van der Waals surface area contributed by atoms with Crippen molar-refractivity contribution < 1.29 is 14.3 Å². The largest absolute Gasteiger partial charge is 0.469 e. The van der Waals surface area contributed by atoms with Crippen LogP contribution in [0, 0.1) is 19.8 Å². The van der Waals surface area contributed by atoms with Gasteiger partial charge in [-0.05, 0) is 32.8 Å². The standard InChI is InChI=1S/C15H25N3O3/c1-9(7-14(19)21-6)15(20)16-10(2)8-13-11(3)17-18(5)12(13)4/h9-10H,7-8H2,1-6H3,(H,16,20)/t9-,10+/m1/s1. The van der Waals surface area contributed by atoms with Gasteiger partial charge < -0.3 is 10.1 Å². The third-order valence-electron chi connectivity index (χ3n) is 3.71. The van der Waals surface area contributed by atoms with E-state index in [1.165, 1.54) is 7.11 Å². The Bertz CT molecular complexity index is 522. The Morgan fingerprint density at radius 2 is 1.95 bits per heavy atom. The lowest BCUT2D eigenvalue weighted by atomic mass is 10.0. The van der Waals surface area contributed by atoms with Gasteiger partial charge in [0.05, 0.1) is 19.2 Å². The molecule has 6 heteroatoms. The van der Waals surface area contributed by atoms with E-state index in [4.69, 9.17) is 0 Å². The summed E-state index contributed by atoms with van der Waals surface area (Å²) in [6.07, 6.45) is 0.822. The van der Waals surface area contributed by atoms with Crippen LogP contribution in [0.25, 0.3) is 0 Å². The molecule has 1 heterocycles. The molecule has 6 nitrogen and oxygen atoms in total. The number of rotatable bonds is 6. The van der Waals surface area contributed by atoms with Crippen LogP contribution < -0.4 is 5.32 Å². The van der Waals surface area contributed by atoms with Crippen molar-refractivity contribution in [3.63, 3.8) is 0 Å². The number of nitrogens with zero attached hydrogens (tertiary/aromatic N) is 2. The number of methoxy groups -OCH3 is 1. The Morgan fingerprint density at radius 3 is 2.43 bits per heavy atom. The fourth-order valence-corrected chi connectivity index (χ4v) is 2.28. The molecule has 0 radical (unpaired) electrons. The molecular weight excluding hydrogens is 270 g/mol. The summed E-state index contributed by atoms with van der Waals surface area (Å²) in [5, 5.41) is 7.31. The first-order valence-electron chi connectivity index (χ1n) is 7.12. The molecule has 0 saturated heterocycles. The van der Waals surface area contributed by atoms with E-state index in [2.05, 4.69) is 15.2 Å². The van der Waals surface area contributed by atoms with E-state index in [1.54, 1.807) is 6.92 Å². The summed E-state index contributed by atoms with van der Waals surface area (Å²) in [6, 6.07) is -0.0146. The van der Waals surface area contributed by atoms with Crippen LogP contribution in [-0.4, -0.2) is 34.8 Å². The van der Waals surface area contributed by atoms with Crippen molar-refractivity contribution in [2.75, 3.05) is 7.11 Å². The lowest BCUT2D eigenvalue weighted by Crippen LogP contribution is -2.38. The van der Waals surface area contributed by atoms with Gasteiger partial charge in [0.15, 0.2) is 0 Å². The van der Waals surface area contributed by atoms with E-state index in [0.29, 0.717) is 0 Å². The zero-order chi connectivity index (χ0) is 16.2. The molecule has 2 atom stereocenters. The molecule has 118 valence electrons. The van der Waals surface area contributed by atoms with Crippen LogP contribution >= 0.6 is 0 Å². The Kier molecular flexibility index (Phi) is 5.93. The first-order valence-corrected chi connectivity index (χ1v) is 7.12. The van der Waals surface area contributed by atoms with Crippen LogP contribution in [0.3, 0.4) is 0 Å². The maximum atomic E-state index is 12.0. The third kappa shape index (κ3) is 4.58. The van der Waals surface area contributed by atoms with Crippen LogP contribution in [0.2, 0.25) is 0 Å². The van der Waals surface area contributed by atoms with Crippen LogP contribution in [0.5, 0.6) is 0 Å². The predicted molar refractivity (Wildman–Crippen MR) is 79.8 cm³/mol. The molecule has 1 N–H and O–H groups in total. The highest BCUT2D eigenvalue weighted by Crippen LogP contribution is 2.14. The van der Waals surface area contributed by atoms with Gasteiger partial charge in [-0.25, -0.2) is 0 Å². The molecule has 0 aliphatic carbocycles. The van der Waals surface area contributed by atoms with Gasteiger partial charge in [0.25, 0.3) is 0 Å². The van der Waals surface area contributed by atoms with E-state index in [1.807, 2.05) is 32.5 Å². The minimum atomic E-state index is -0.393. The average Bonchev–Trinajstić information content (AvgIpc) is 2.65. The Balaban J connectivity index is 2.59. The highest BCUT2D eigenvalue weighted by molar-refractivity contribution is 5.83. The molecule has 0 saturated carbocycles. The van der Waals surface area contributed by atoms with E-state index in [0.717, 1.165) is 23.4 Å². The smallest absolute Gasteiger partial charge is 0.306 e. The summed E-state index contributed by atoms with van der Waals surface area (Å²) in [7, 11) is 3.23. The van der Waals surface area contributed by atoms with Gasteiger partial charge in [0, 0.05) is 24.7 Å². The number of aryl methyl sites for hydroxylation is 2. The quantitative estimate of drug-likeness (QED) is 0.802. The molecular formula is C15H25N3O3. The average molecular weight is 295 g/mol. The Hall–Kier alpha value is -1.85. The first-order chi connectivity index (χ1) is 9.76. The summed E-state index contributed by atoms with van der Waals surface area (Å²) >= 11 is 0. The van der Waals surface area contributed by atoms with Crippen molar-refractivity contribution >= 4 is 11.9 Å². The Morgan fingerprint density at radius 1 is 1.33 bits per heavy atom. The van der Waals surface area contributed by atoms with Crippen LogP contribution in [0.1, 0.15) is 37.2 Å². The van der Waals surface area contributed by atoms with Gasteiger partial charge in [-0.3, -0.25) is 14.3 Å². The highest BCUT2D eigenvalue weighted by atomic mass is 16.5. The number of carbonyl (C=O) groups is 2. The molecule has 21 heavy (non-hydrogen) atoms. The number of carbonyl (C=O) groups excluding carboxylic acids is 2. The number of ether oxygens (including phenoxy) is 1. The summed E-state index contributed by atoms with van der Waals surface area (Å²) in [5.74, 6) is -0.896. The summed E-state index contributed by atoms with van der Waals surface area (Å²) in [4.78, 5) is 23.2. The van der Waals surface area contributed by atoms with Crippen LogP contribution in [-0.2, 0) is 27.8 Å². The van der Waals surface area contributed by atoms with Crippen molar-refractivity contribution in [2.45, 2.75) is 46.6 Å². The van der Waals surface area contributed by atoms with E-state index in [-0.39, 0.29) is 24.3 Å². The molecule has 1 amide bonds. The topological polar surface area (TPSA) is 73.2 Å². The molecule has 1 aromatic rings. The van der Waals surface area contributed by atoms with Gasteiger partial charge in [-0.1, -0.05) is 6.92 Å². The molecule has 0 bridgehead atoms. The second-order valence-electron chi connectivity index (χ2n) is 5.57. The summed E-state index contributed by atoms with van der Waals surface area (Å²) in [5.41, 5.74) is 3.25. The maximum absolute atomic E-state index is 12.0. The zero-order valence-corrected chi connectivity index (χ0v) is 13.7. The van der Waals surface area contributed by atoms with Crippen molar-refractivity contribution in [1.82, 2.24) is 15.1 Å². The fraction of sp³-hybridized carbons (Fsp3) is 0.667. The normalized spacial score (nSPS) is 13.6. The lowest BCUT2D eigenvalue weighted by molar-refractivity contribution is -0.144. The molecule has 0 fully saturated rings. The Labute approximate surface area is 125 Å². The molecule has 0 aliphatic rings. The second-order valence-corrected chi connectivity index (χ2v) is 5.57. The zero-order valence-electron chi connectivity index (χ0n) is 13.7. The molecule has 0 unspecified atom stereocenters. The molecule has 0 aromatic carbocycles. The SMILES string of the molecule is COC(=O)C[C@@H](C)C(=O)N[C@@H](C)Cc1c(C)nn(C)c1C. The minimum Gasteiger partial charge on any atom is -0.469 e. The number of esters is 1. The van der Waals surface area contributed by atoms with Gasteiger partial charge in [0.2, 0.25) is 5.91 Å². The predicted octanol–water partition coefficient (Wildman–Crippen LogP) is 1.28. The molecule has 1 rings (SSSR count). The number of aromatic nitrogens is 2. The van der Waals surface area contributed by atoms with Gasteiger partial charge >= 0.3 is 5.97 Å². The van der Waals surface area contributed by atoms with Gasteiger partial charge in [-0.15, -0.1) is 0 Å². The van der Waals surface area contributed by atoms with E-state index < -0.39 is 5.92 Å². The van der Waals surface area contributed by atoms with Crippen molar-refractivity contribution in [3.05, 3.63) is 17.0 Å². The first kappa shape index (κ1) is 17.2. The van der Waals surface area contributed by atoms with Crippen molar-refractivity contribution in [3.8, 4) is 0 Å². The molecule has 0 aliphatic heterocycles. The van der Waals surface area contributed by atoms with E-state index >= 15 is 0 Å². The van der Waals surface area contributed by atoms with Crippen molar-refractivity contribution in [2.24, 2.45) is 13.0 Å². The third-order valence-corrected chi connectivity index (χ3v) is 3.71. The monoisotopic (exact) mass is 295 g/mol. The number of hydrogen-bond donors (Lipinski definition) is 1. The second kappa shape index (κ2) is 7.24. The van der Waals surface area contributed by atoms with Crippen molar-refractivity contribution in [1.29, 1.82) is 0 Å². The number of amides is 1. The number of nitrogens with one attached hydrogen (secondary N) is 1. The highest BCUT2D eigenvalue weighted by Gasteiger charge is 2.20.